The van der Waals surface area contributed by atoms with Gasteiger partial charge in [0, 0.05) is 24.2 Å². The standard InChI is InChI=1S/C22H30O5/c1-13(2)22(26)12-18(24)21(4)10-9-14(3)11-17(19(21)22)27-20(25)15-5-7-16(23)8-6-15/h5-9,13,17-19,23-24,26H,10-12H2,1-4H3/t17-,18-,19+,21-,22+/m1/s1. The second kappa shape index (κ2) is 6.95. The Morgan fingerprint density at radius 1 is 1.26 bits per heavy atom. The quantitative estimate of drug-likeness (QED) is 0.557. The largest absolute Gasteiger partial charge is 0.508 e. The summed E-state index contributed by atoms with van der Waals surface area (Å²) in [5.74, 6) is -0.841. The first-order valence-electron chi connectivity index (χ1n) is 9.64. The number of esters is 1. The average molecular weight is 374 g/mol. The predicted octanol–water partition coefficient (Wildman–Crippen LogP) is 3.43. The molecule has 5 atom stereocenters. The van der Waals surface area contributed by atoms with E-state index in [1.54, 1.807) is 0 Å². The molecule has 0 bridgehead atoms. The van der Waals surface area contributed by atoms with Crippen LogP contribution in [0.4, 0.5) is 0 Å². The average Bonchev–Trinajstić information content (AvgIpc) is 2.70. The maximum atomic E-state index is 12.7. The van der Waals surface area contributed by atoms with Crippen molar-refractivity contribution in [1.82, 2.24) is 0 Å². The molecule has 5 nitrogen and oxygen atoms in total. The lowest BCUT2D eigenvalue weighted by molar-refractivity contribution is -0.113. The molecule has 148 valence electrons. The highest BCUT2D eigenvalue weighted by molar-refractivity contribution is 5.89. The highest BCUT2D eigenvalue weighted by atomic mass is 16.5. The monoisotopic (exact) mass is 374 g/mol. The van der Waals surface area contributed by atoms with Crippen LogP contribution in [0, 0.1) is 17.3 Å². The van der Waals surface area contributed by atoms with Gasteiger partial charge in [-0.25, -0.2) is 4.79 Å². The Morgan fingerprint density at radius 3 is 2.48 bits per heavy atom. The lowest BCUT2D eigenvalue weighted by Gasteiger charge is -2.43. The van der Waals surface area contributed by atoms with Crippen molar-refractivity contribution in [3.63, 3.8) is 0 Å². The first-order chi connectivity index (χ1) is 12.6. The predicted molar refractivity (Wildman–Crippen MR) is 102 cm³/mol. The van der Waals surface area contributed by atoms with Gasteiger partial charge < -0.3 is 20.1 Å². The number of aromatic hydroxyl groups is 1. The Bertz CT molecular complexity index is 738. The third-order valence-electron chi connectivity index (χ3n) is 6.68. The van der Waals surface area contributed by atoms with Crippen LogP contribution >= 0.6 is 0 Å². The summed E-state index contributed by atoms with van der Waals surface area (Å²) in [6.07, 6.45) is 2.37. The summed E-state index contributed by atoms with van der Waals surface area (Å²) in [5, 5.41) is 31.7. The van der Waals surface area contributed by atoms with Crippen LogP contribution in [0.5, 0.6) is 5.75 Å². The number of aliphatic hydroxyl groups excluding tert-OH is 1. The molecule has 0 spiro atoms. The van der Waals surface area contributed by atoms with E-state index in [-0.39, 0.29) is 24.0 Å². The molecule has 0 aromatic heterocycles. The Morgan fingerprint density at radius 2 is 1.89 bits per heavy atom. The number of hydrogen-bond acceptors (Lipinski definition) is 5. The summed E-state index contributed by atoms with van der Waals surface area (Å²) in [7, 11) is 0. The SMILES string of the molecule is CC1=CC[C@]2(C)[C@H](O)C[C@](O)(C(C)C)[C@H]2[C@H](OC(=O)c2ccc(O)cc2)C1. The number of carbonyl (C=O) groups is 1. The molecular weight excluding hydrogens is 344 g/mol. The van der Waals surface area contributed by atoms with Crippen molar-refractivity contribution < 1.29 is 24.9 Å². The van der Waals surface area contributed by atoms with Crippen LogP contribution in [0.1, 0.15) is 57.3 Å². The van der Waals surface area contributed by atoms with Gasteiger partial charge in [-0.15, -0.1) is 0 Å². The van der Waals surface area contributed by atoms with Crippen LogP contribution in [0.2, 0.25) is 0 Å². The number of fused-ring (bicyclic) bond motifs is 1. The van der Waals surface area contributed by atoms with Gasteiger partial charge in [0.25, 0.3) is 0 Å². The van der Waals surface area contributed by atoms with Crippen molar-refractivity contribution in [2.45, 2.75) is 64.8 Å². The Kier molecular flexibility index (Phi) is 5.12. The molecule has 1 fully saturated rings. The van der Waals surface area contributed by atoms with Crippen LogP contribution in [0.25, 0.3) is 0 Å². The van der Waals surface area contributed by atoms with Crippen molar-refractivity contribution >= 4 is 5.97 Å². The van der Waals surface area contributed by atoms with Crippen molar-refractivity contribution in [3.05, 3.63) is 41.5 Å². The zero-order chi connectivity index (χ0) is 20.0. The van der Waals surface area contributed by atoms with Crippen LogP contribution in [-0.2, 0) is 4.74 Å². The number of hydrogen-bond donors (Lipinski definition) is 3. The van der Waals surface area contributed by atoms with Crippen LogP contribution in [-0.4, -0.2) is 39.1 Å². The number of aliphatic hydroxyl groups is 2. The van der Waals surface area contributed by atoms with E-state index in [0.717, 1.165) is 5.57 Å². The molecule has 1 aromatic rings. The van der Waals surface area contributed by atoms with E-state index in [2.05, 4.69) is 6.08 Å². The second-order valence-corrected chi connectivity index (χ2v) is 8.80. The minimum atomic E-state index is -1.10. The number of rotatable bonds is 3. The maximum absolute atomic E-state index is 12.7. The van der Waals surface area contributed by atoms with Gasteiger partial charge in [0.2, 0.25) is 0 Å². The third kappa shape index (κ3) is 3.39. The summed E-state index contributed by atoms with van der Waals surface area (Å²) in [6, 6.07) is 5.94. The Hall–Kier alpha value is -1.85. The number of phenols is 1. The number of benzene rings is 1. The molecular formula is C22H30O5. The van der Waals surface area contributed by atoms with Gasteiger partial charge in [0.05, 0.1) is 17.3 Å². The zero-order valence-corrected chi connectivity index (χ0v) is 16.5. The normalized spacial score (nSPS) is 36.1. The zero-order valence-electron chi connectivity index (χ0n) is 16.5. The minimum Gasteiger partial charge on any atom is -0.508 e. The van der Waals surface area contributed by atoms with Gasteiger partial charge in [0.15, 0.2) is 0 Å². The molecule has 3 rings (SSSR count). The summed E-state index contributed by atoms with van der Waals surface area (Å²) >= 11 is 0. The van der Waals surface area contributed by atoms with Gasteiger partial charge >= 0.3 is 5.97 Å². The van der Waals surface area contributed by atoms with E-state index in [4.69, 9.17) is 4.74 Å². The van der Waals surface area contributed by atoms with E-state index in [9.17, 15) is 20.1 Å². The first kappa shape index (κ1) is 19.9. The molecule has 0 amide bonds. The summed E-state index contributed by atoms with van der Waals surface area (Å²) in [4.78, 5) is 12.7. The molecule has 2 aliphatic carbocycles. The van der Waals surface area contributed by atoms with Crippen LogP contribution in [0.3, 0.4) is 0 Å². The van der Waals surface area contributed by atoms with Crippen molar-refractivity contribution in [2.75, 3.05) is 0 Å². The van der Waals surface area contributed by atoms with Gasteiger partial charge in [-0.2, -0.15) is 0 Å². The molecule has 1 saturated carbocycles. The van der Waals surface area contributed by atoms with Gasteiger partial charge in [0.1, 0.15) is 11.9 Å². The molecule has 0 unspecified atom stereocenters. The topological polar surface area (TPSA) is 87.0 Å². The van der Waals surface area contributed by atoms with Gasteiger partial charge in [-0.3, -0.25) is 0 Å². The van der Waals surface area contributed by atoms with Crippen molar-refractivity contribution in [2.24, 2.45) is 17.3 Å². The minimum absolute atomic E-state index is 0.0766. The van der Waals surface area contributed by atoms with E-state index in [1.807, 2.05) is 27.7 Å². The molecule has 5 heteroatoms. The fourth-order valence-corrected chi connectivity index (χ4v) is 4.88. The smallest absolute Gasteiger partial charge is 0.338 e. The lowest BCUT2D eigenvalue weighted by Crippen LogP contribution is -2.50. The molecule has 27 heavy (non-hydrogen) atoms. The third-order valence-corrected chi connectivity index (χ3v) is 6.68. The number of phenolic OH excluding ortho intramolecular Hbond substituents is 1. The lowest BCUT2D eigenvalue weighted by atomic mass is 9.67. The highest BCUT2D eigenvalue weighted by Gasteiger charge is 2.63. The molecule has 0 heterocycles. The van der Waals surface area contributed by atoms with Gasteiger partial charge in [-0.1, -0.05) is 32.4 Å². The molecule has 2 aliphatic rings. The highest BCUT2D eigenvalue weighted by Crippen LogP contribution is 2.58. The molecule has 0 saturated heterocycles. The van der Waals surface area contributed by atoms with E-state index >= 15 is 0 Å². The maximum Gasteiger partial charge on any atom is 0.338 e. The van der Waals surface area contributed by atoms with Gasteiger partial charge in [-0.05, 0) is 43.5 Å². The van der Waals surface area contributed by atoms with Crippen molar-refractivity contribution in [1.29, 1.82) is 0 Å². The number of ether oxygens (including phenoxy) is 1. The summed E-state index contributed by atoms with van der Waals surface area (Å²) in [6.45, 7) is 7.87. The van der Waals surface area contributed by atoms with Crippen LogP contribution in [0.15, 0.2) is 35.9 Å². The number of allylic oxidation sites excluding steroid dienone is 1. The second-order valence-electron chi connectivity index (χ2n) is 8.80. The number of carbonyl (C=O) groups excluding carboxylic acids is 1. The van der Waals surface area contributed by atoms with E-state index < -0.39 is 29.2 Å². The van der Waals surface area contributed by atoms with E-state index in [1.165, 1.54) is 24.3 Å². The molecule has 0 radical (unpaired) electrons. The first-order valence-corrected chi connectivity index (χ1v) is 9.64. The fourth-order valence-electron chi connectivity index (χ4n) is 4.88. The summed E-state index contributed by atoms with van der Waals surface area (Å²) in [5.41, 5.74) is -0.220. The molecule has 3 N–H and O–H groups in total. The van der Waals surface area contributed by atoms with Crippen molar-refractivity contribution in [3.8, 4) is 5.75 Å². The molecule has 1 aromatic carbocycles. The summed E-state index contributed by atoms with van der Waals surface area (Å²) < 4.78 is 5.91. The Balaban J connectivity index is 1.97. The van der Waals surface area contributed by atoms with Crippen LogP contribution < -0.4 is 0 Å². The van der Waals surface area contributed by atoms with E-state index in [0.29, 0.717) is 18.4 Å². The fraction of sp³-hybridized carbons (Fsp3) is 0.591. The Labute approximate surface area is 160 Å². The molecule has 0 aliphatic heterocycles.